The summed E-state index contributed by atoms with van der Waals surface area (Å²) < 4.78 is 40.1. The van der Waals surface area contributed by atoms with Gasteiger partial charge in [0.1, 0.15) is 0 Å². The molecule has 0 radical (unpaired) electrons. The molecule has 1 saturated carbocycles. The monoisotopic (exact) mass is 532 g/mol. The van der Waals surface area contributed by atoms with Gasteiger partial charge < -0.3 is 15.5 Å². The molecule has 1 aliphatic rings. The molecular weight excluding hydrogens is 505 g/mol. The van der Waals surface area contributed by atoms with Gasteiger partial charge >= 0.3 is 6.18 Å². The highest BCUT2D eigenvalue weighted by molar-refractivity contribution is 6.04. The van der Waals surface area contributed by atoms with Crippen LogP contribution in [0.4, 0.5) is 24.5 Å². The smallest absolute Gasteiger partial charge is 0.326 e. The third-order valence-corrected chi connectivity index (χ3v) is 6.77. The largest absolute Gasteiger partial charge is 0.418 e. The molecule has 9 heteroatoms. The maximum atomic E-state index is 13.4. The van der Waals surface area contributed by atoms with Crippen molar-refractivity contribution in [1.82, 2.24) is 9.88 Å². The molecule has 0 saturated heterocycles. The third-order valence-electron chi connectivity index (χ3n) is 6.77. The first kappa shape index (κ1) is 26.4. The fraction of sp³-hybridized carbons (Fsp3) is 0.233. The number of pyridine rings is 1. The van der Waals surface area contributed by atoms with Crippen molar-refractivity contribution in [2.24, 2.45) is 5.92 Å². The van der Waals surface area contributed by atoms with Gasteiger partial charge in [-0.15, -0.1) is 0 Å². The number of benzene rings is 3. The molecule has 0 unspecified atom stereocenters. The van der Waals surface area contributed by atoms with E-state index in [9.17, 15) is 22.8 Å². The lowest BCUT2D eigenvalue weighted by atomic mass is 10.1. The molecule has 6 nitrogen and oxygen atoms in total. The van der Waals surface area contributed by atoms with E-state index in [1.807, 2.05) is 50.5 Å². The van der Waals surface area contributed by atoms with Gasteiger partial charge in [0, 0.05) is 47.2 Å². The highest BCUT2D eigenvalue weighted by atomic mass is 19.4. The van der Waals surface area contributed by atoms with Gasteiger partial charge in [0.05, 0.1) is 5.56 Å². The molecule has 1 fully saturated rings. The highest BCUT2D eigenvalue weighted by Crippen LogP contribution is 2.48. The van der Waals surface area contributed by atoms with E-state index < -0.39 is 11.7 Å². The molecule has 200 valence electrons. The topological polar surface area (TPSA) is 74.3 Å². The highest BCUT2D eigenvalue weighted by Gasteiger charge is 2.44. The molecule has 2 N–H and O–H groups in total. The number of alkyl halides is 3. The third kappa shape index (κ3) is 6.09. The van der Waals surface area contributed by atoms with Crippen molar-refractivity contribution in [1.29, 1.82) is 0 Å². The zero-order valence-corrected chi connectivity index (χ0v) is 21.4. The number of nitrogens with one attached hydrogen (secondary N) is 2. The number of halogens is 3. The summed E-state index contributed by atoms with van der Waals surface area (Å²) in [6, 6.07) is 19.2. The van der Waals surface area contributed by atoms with E-state index in [0.29, 0.717) is 28.7 Å². The summed E-state index contributed by atoms with van der Waals surface area (Å²) in [6.45, 7) is 0.814. The first-order valence-electron chi connectivity index (χ1n) is 12.5. The number of hydrogen-bond donors (Lipinski definition) is 2. The van der Waals surface area contributed by atoms with Gasteiger partial charge in [-0.25, -0.2) is 0 Å². The number of rotatable bonds is 7. The van der Waals surface area contributed by atoms with Crippen LogP contribution in [-0.4, -0.2) is 35.8 Å². The van der Waals surface area contributed by atoms with Crippen LogP contribution < -0.4 is 10.6 Å². The van der Waals surface area contributed by atoms with Crippen molar-refractivity contribution in [3.63, 3.8) is 0 Å². The molecule has 2 amide bonds. The average Bonchev–Trinajstić information content (AvgIpc) is 3.70. The number of fused-ring (bicyclic) bond motifs is 1. The van der Waals surface area contributed by atoms with Crippen LogP contribution >= 0.6 is 0 Å². The maximum absolute atomic E-state index is 13.4. The number of anilines is 2. The molecule has 5 rings (SSSR count). The number of carbonyl (C=O) groups is 2. The van der Waals surface area contributed by atoms with E-state index in [-0.39, 0.29) is 29.0 Å². The Hall–Kier alpha value is -4.24. The standard InChI is InChI=1S/C30H27F3N4O2/c1-37(2)17-18-3-10-22(11-4-18)35-28(38)20-7-5-19(6-8-20)24-14-26(24)29(39)36-23-12-9-21-15-34-16-27(25(21)13-23)30(31,32)33/h3-13,15-16,24,26H,14,17H2,1-2H3,(H,35,38)(H,36,39)/t24-,26+/m0/s1. The lowest BCUT2D eigenvalue weighted by molar-refractivity contribution is -0.136. The van der Waals surface area contributed by atoms with Crippen LogP contribution in [0.5, 0.6) is 0 Å². The molecule has 1 heterocycles. The molecule has 0 spiro atoms. The first-order valence-corrected chi connectivity index (χ1v) is 12.5. The quantitative estimate of drug-likeness (QED) is 0.293. The molecule has 0 aliphatic heterocycles. The van der Waals surface area contributed by atoms with Crippen LogP contribution in [0.2, 0.25) is 0 Å². The van der Waals surface area contributed by atoms with Gasteiger partial charge in [-0.1, -0.05) is 30.3 Å². The van der Waals surface area contributed by atoms with E-state index in [2.05, 4.69) is 20.5 Å². The molecule has 3 aromatic carbocycles. The van der Waals surface area contributed by atoms with Crippen molar-refractivity contribution in [3.8, 4) is 0 Å². The van der Waals surface area contributed by atoms with Crippen molar-refractivity contribution in [2.75, 3.05) is 24.7 Å². The molecular formula is C30H27F3N4O2. The summed E-state index contributed by atoms with van der Waals surface area (Å²) in [6.07, 6.45) is -1.77. The first-order chi connectivity index (χ1) is 18.6. The number of hydrogen-bond acceptors (Lipinski definition) is 4. The van der Waals surface area contributed by atoms with Crippen LogP contribution in [0.25, 0.3) is 10.8 Å². The fourth-order valence-electron chi connectivity index (χ4n) is 4.70. The van der Waals surface area contributed by atoms with Crippen molar-refractivity contribution in [3.05, 3.63) is 101 Å². The molecule has 4 aromatic rings. The Morgan fingerprint density at radius 3 is 2.28 bits per heavy atom. The summed E-state index contributed by atoms with van der Waals surface area (Å²) in [5, 5.41) is 5.98. The zero-order valence-electron chi connectivity index (χ0n) is 21.4. The van der Waals surface area contributed by atoms with Gasteiger partial charge in [-0.2, -0.15) is 13.2 Å². The van der Waals surface area contributed by atoms with Crippen molar-refractivity contribution >= 4 is 34.0 Å². The van der Waals surface area contributed by atoms with Crippen LogP contribution in [0.15, 0.2) is 79.1 Å². The Morgan fingerprint density at radius 2 is 1.62 bits per heavy atom. The van der Waals surface area contributed by atoms with Gasteiger partial charge in [0.25, 0.3) is 5.91 Å². The van der Waals surface area contributed by atoms with Crippen LogP contribution in [0.3, 0.4) is 0 Å². The summed E-state index contributed by atoms with van der Waals surface area (Å²) in [4.78, 5) is 31.2. The predicted molar refractivity (Wildman–Crippen MR) is 144 cm³/mol. The number of aromatic nitrogens is 1. The number of amides is 2. The van der Waals surface area contributed by atoms with Gasteiger partial charge in [-0.3, -0.25) is 14.6 Å². The Balaban J connectivity index is 1.20. The normalized spacial score (nSPS) is 16.8. The van der Waals surface area contributed by atoms with E-state index in [4.69, 9.17) is 0 Å². The van der Waals surface area contributed by atoms with E-state index in [1.54, 1.807) is 18.2 Å². The minimum Gasteiger partial charge on any atom is -0.326 e. The van der Waals surface area contributed by atoms with E-state index in [1.165, 1.54) is 18.3 Å². The van der Waals surface area contributed by atoms with E-state index in [0.717, 1.165) is 23.9 Å². The van der Waals surface area contributed by atoms with Crippen LogP contribution in [0, 0.1) is 5.92 Å². The fourth-order valence-corrected chi connectivity index (χ4v) is 4.70. The minimum atomic E-state index is -4.55. The van der Waals surface area contributed by atoms with Crippen molar-refractivity contribution in [2.45, 2.75) is 25.1 Å². The number of carbonyl (C=O) groups excluding carboxylic acids is 2. The van der Waals surface area contributed by atoms with Crippen LogP contribution in [-0.2, 0) is 17.5 Å². The summed E-state index contributed by atoms with van der Waals surface area (Å²) in [7, 11) is 3.99. The average molecular weight is 533 g/mol. The maximum Gasteiger partial charge on any atom is 0.418 e. The Labute approximate surface area is 223 Å². The second-order valence-corrected chi connectivity index (χ2v) is 10.1. The molecule has 39 heavy (non-hydrogen) atoms. The Bertz CT molecular complexity index is 1520. The molecule has 1 aromatic heterocycles. The second-order valence-electron chi connectivity index (χ2n) is 10.1. The summed E-state index contributed by atoms with van der Waals surface area (Å²) in [5.74, 6) is -0.777. The van der Waals surface area contributed by atoms with Crippen molar-refractivity contribution < 1.29 is 22.8 Å². The van der Waals surface area contributed by atoms with Gasteiger partial charge in [-0.05, 0) is 79.3 Å². The van der Waals surface area contributed by atoms with Gasteiger partial charge in [0.15, 0.2) is 0 Å². The Kier molecular flexibility index (Phi) is 7.10. The summed E-state index contributed by atoms with van der Waals surface area (Å²) in [5.41, 5.74) is 2.75. The predicted octanol–water partition coefficient (Wildman–Crippen LogP) is 6.31. The number of nitrogens with zero attached hydrogens (tertiary/aromatic N) is 2. The Morgan fingerprint density at radius 1 is 0.923 bits per heavy atom. The SMILES string of the molecule is CN(C)Cc1ccc(NC(=O)c2ccc([C@@H]3C[C@H]3C(=O)Nc3ccc4cncc(C(F)(F)F)c4c3)cc2)cc1. The zero-order chi connectivity index (χ0) is 27.7. The van der Waals surface area contributed by atoms with Gasteiger partial charge in [0.2, 0.25) is 5.91 Å². The summed E-state index contributed by atoms with van der Waals surface area (Å²) >= 11 is 0. The van der Waals surface area contributed by atoms with Crippen LogP contribution in [0.1, 0.15) is 39.4 Å². The molecule has 2 atom stereocenters. The second kappa shape index (κ2) is 10.5. The van der Waals surface area contributed by atoms with E-state index >= 15 is 0 Å². The molecule has 0 bridgehead atoms. The lowest BCUT2D eigenvalue weighted by Crippen LogP contribution is -2.15. The molecule has 1 aliphatic carbocycles. The minimum absolute atomic E-state index is 0.0123. The lowest BCUT2D eigenvalue weighted by Gasteiger charge is -2.12.